The largest absolute Gasteiger partial charge is 0.0584 e. The van der Waals surface area contributed by atoms with Gasteiger partial charge in [-0.15, -0.1) is 0 Å². The maximum Gasteiger partial charge on any atom is -0.0120 e. The third kappa shape index (κ3) is 1.45. The highest BCUT2D eigenvalue weighted by molar-refractivity contribution is 5.92. The lowest BCUT2D eigenvalue weighted by atomic mass is 9.92. The van der Waals surface area contributed by atoms with Crippen molar-refractivity contribution in [2.24, 2.45) is 0 Å². The van der Waals surface area contributed by atoms with E-state index < -0.39 is 0 Å². The zero-order valence-electron chi connectivity index (χ0n) is 10.2. The molecular formula is C15H18. The van der Waals surface area contributed by atoms with Crippen LogP contribution in [0.4, 0.5) is 0 Å². The summed E-state index contributed by atoms with van der Waals surface area (Å²) in [6.07, 6.45) is 0. The maximum atomic E-state index is 2.30. The van der Waals surface area contributed by atoms with Gasteiger partial charge in [-0.25, -0.2) is 0 Å². The minimum absolute atomic E-state index is 1.38. The summed E-state index contributed by atoms with van der Waals surface area (Å²) in [6.45, 7) is 11.0. The van der Waals surface area contributed by atoms with Gasteiger partial charge in [-0.1, -0.05) is 18.2 Å². The summed E-state index contributed by atoms with van der Waals surface area (Å²) in [6, 6.07) is 6.78. The lowest BCUT2D eigenvalue weighted by Crippen LogP contribution is -1.92. The van der Waals surface area contributed by atoms with Crippen LogP contribution in [0.25, 0.3) is 10.8 Å². The predicted octanol–water partition coefficient (Wildman–Crippen LogP) is 4.38. The van der Waals surface area contributed by atoms with Crippen molar-refractivity contribution in [3.8, 4) is 0 Å². The first-order chi connectivity index (χ1) is 7.02. The molecule has 0 aliphatic carbocycles. The average Bonchev–Trinajstić information content (AvgIpc) is 2.18. The van der Waals surface area contributed by atoms with E-state index in [-0.39, 0.29) is 0 Å². The summed E-state index contributed by atoms with van der Waals surface area (Å²) in [5.41, 5.74) is 7.01. The Morgan fingerprint density at radius 1 is 0.667 bits per heavy atom. The van der Waals surface area contributed by atoms with Crippen LogP contribution in [-0.2, 0) is 0 Å². The molecule has 0 unspecified atom stereocenters. The van der Waals surface area contributed by atoms with Crippen molar-refractivity contribution in [3.05, 3.63) is 46.0 Å². The molecule has 2 rings (SSSR count). The van der Waals surface area contributed by atoms with Crippen LogP contribution in [0.5, 0.6) is 0 Å². The van der Waals surface area contributed by atoms with E-state index in [0.29, 0.717) is 0 Å². The van der Waals surface area contributed by atoms with Gasteiger partial charge >= 0.3 is 0 Å². The summed E-state index contributed by atoms with van der Waals surface area (Å²) >= 11 is 0. The molecule has 2 aromatic carbocycles. The molecule has 0 heterocycles. The highest BCUT2D eigenvalue weighted by atomic mass is 14.1. The number of hydrogen-bond acceptors (Lipinski definition) is 0. The smallest absolute Gasteiger partial charge is 0.0120 e. The molecule has 0 bridgehead atoms. The first-order valence-corrected chi connectivity index (χ1v) is 5.49. The van der Waals surface area contributed by atoms with E-state index in [0.717, 1.165) is 0 Å². The van der Waals surface area contributed by atoms with Crippen LogP contribution in [0.2, 0.25) is 0 Å². The van der Waals surface area contributed by atoms with Gasteiger partial charge in [0.25, 0.3) is 0 Å². The molecule has 0 saturated heterocycles. The van der Waals surface area contributed by atoms with Gasteiger partial charge in [0.2, 0.25) is 0 Å². The zero-order valence-corrected chi connectivity index (χ0v) is 10.2. The van der Waals surface area contributed by atoms with Crippen molar-refractivity contribution >= 4 is 10.8 Å². The predicted molar refractivity (Wildman–Crippen MR) is 67.6 cm³/mol. The molecule has 0 saturated carbocycles. The summed E-state index contributed by atoms with van der Waals surface area (Å²) in [4.78, 5) is 0. The molecule has 2 aromatic rings. The second kappa shape index (κ2) is 3.37. The first-order valence-electron chi connectivity index (χ1n) is 5.49. The van der Waals surface area contributed by atoms with Crippen LogP contribution in [0.1, 0.15) is 27.8 Å². The van der Waals surface area contributed by atoms with E-state index in [1.807, 2.05) is 0 Å². The van der Waals surface area contributed by atoms with Crippen LogP contribution < -0.4 is 0 Å². The number of hydrogen-bond donors (Lipinski definition) is 0. The third-order valence-electron chi connectivity index (χ3n) is 3.56. The summed E-state index contributed by atoms with van der Waals surface area (Å²) in [5.74, 6) is 0. The number of fused-ring (bicyclic) bond motifs is 1. The van der Waals surface area contributed by atoms with Crippen molar-refractivity contribution in [1.82, 2.24) is 0 Å². The van der Waals surface area contributed by atoms with Gasteiger partial charge in [-0.2, -0.15) is 0 Å². The van der Waals surface area contributed by atoms with Crippen molar-refractivity contribution in [2.45, 2.75) is 34.6 Å². The second-order valence-corrected chi connectivity index (χ2v) is 4.57. The quantitative estimate of drug-likeness (QED) is 0.589. The third-order valence-corrected chi connectivity index (χ3v) is 3.56. The lowest BCUT2D eigenvalue weighted by Gasteiger charge is -2.13. The fourth-order valence-corrected chi connectivity index (χ4v) is 2.35. The molecule has 0 amide bonds. The number of benzene rings is 2. The molecule has 0 atom stereocenters. The van der Waals surface area contributed by atoms with Gasteiger partial charge in [0, 0.05) is 0 Å². The molecule has 15 heavy (non-hydrogen) atoms. The van der Waals surface area contributed by atoms with Gasteiger partial charge in [0.15, 0.2) is 0 Å². The Bertz CT molecular complexity index is 533. The Morgan fingerprint density at radius 2 is 1.33 bits per heavy atom. The first kappa shape index (κ1) is 10.2. The van der Waals surface area contributed by atoms with Crippen molar-refractivity contribution < 1.29 is 0 Å². The summed E-state index contributed by atoms with van der Waals surface area (Å²) in [7, 11) is 0. The molecule has 0 spiro atoms. The minimum atomic E-state index is 1.38. The van der Waals surface area contributed by atoms with E-state index in [2.05, 4.69) is 52.8 Å². The lowest BCUT2D eigenvalue weighted by molar-refractivity contribution is 1.31. The molecule has 78 valence electrons. The van der Waals surface area contributed by atoms with Crippen LogP contribution in [0.15, 0.2) is 18.2 Å². The van der Waals surface area contributed by atoms with E-state index in [4.69, 9.17) is 0 Å². The average molecular weight is 198 g/mol. The Balaban J connectivity index is 3.03. The van der Waals surface area contributed by atoms with Crippen LogP contribution in [0, 0.1) is 34.6 Å². The fourth-order valence-electron chi connectivity index (χ4n) is 2.35. The molecular weight excluding hydrogens is 180 g/mol. The molecule has 0 fully saturated rings. The molecule has 0 aliphatic rings. The zero-order chi connectivity index (χ0) is 11.2. The summed E-state index contributed by atoms with van der Waals surface area (Å²) < 4.78 is 0. The Hall–Kier alpha value is -1.30. The molecule has 0 nitrogen and oxygen atoms in total. The Morgan fingerprint density at radius 3 is 2.00 bits per heavy atom. The molecule has 0 aromatic heterocycles. The number of aryl methyl sites for hydroxylation is 5. The van der Waals surface area contributed by atoms with Crippen molar-refractivity contribution in [2.75, 3.05) is 0 Å². The highest BCUT2D eigenvalue weighted by Gasteiger charge is 2.07. The monoisotopic (exact) mass is 198 g/mol. The molecule has 0 N–H and O–H groups in total. The maximum absolute atomic E-state index is 2.30. The Labute approximate surface area is 91.9 Å². The molecule has 0 radical (unpaired) electrons. The van der Waals surface area contributed by atoms with Crippen LogP contribution >= 0.6 is 0 Å². The Kier molecular flexibility index (Phi) is 2.30. The van der Waals surface area contributed by atoms with Crippen molar-refractivity contribution in [1.29, 1.82) is 0 Å². The minimum Gasteiger partial charge on any atom is -0.0584 e. The van der Waals surface area contributed by atoms with E-state index in [1.165, 1.54) is 38.6 Å². The van der Waals surface area contributed by atoms with Gasteiger partial charge in [-0.05, 0) is 73.2 Å². The van der Waals surface area contributed by atoms with Gasteiger partial charge in [0.05, 0.1) is 0 Å². The molecule has 0 heteroatoms. The standard InChI is InChI=1S/C15H18/c1-9-6-7-14-12(4)10(2)8-11(3)15(14)13(9)5/h6-8H,1-5H3. The van der Waals surface area contributed by atoms with E-state index in [9.17, 15) is 0 Å². The summed E-state index contributed by atoms with van der Waals surface area (Å²) in [5, 5.41) is 2.86. The van der Waals surface area contributed by atoms with Crippen LogP contribution in [0.3, 0.4) is 0 Å². The fraction of sp³-hybridized carbons (Fsp3) is 0.333. The van der Waals surface area contributed by atoms with Gasteiger partial charge < -0.3 is 0 Å². The van der Waals surface area contributed by atoms with Crippen LogP contribution in [-0.4, -0.2) is 0 Å². The van der Waals surface area contributed by atoms with Crippen molar-refractivity contribution in [3.63, 3.8) is 0 Å². The normalized spacial score (nSPS) is 11.0. The molecule has 0 aliphatic heterocycles. The topological polar surface area (TPSA) is 0 Å². The van der Waals surface area contributed by atoms with E-state index >= 15 is 0 Å². The number of rotatable bonds is 0. The SMILES string of the molecule is Cc1cc(C)c2c(C)c(C)ccc2c1C. The van der Waals surface area contributed by atoms with Gasteiger partial charge in [-0.3, -0.25) is 0 Å². The van der Waals surface area contributed by atoms with Gasteiger partial charge in [0.1, 0.15) is 0 Å². The second-order valence-electron chi connectivity index (χ2n) is 4.57. The highest BCUT2D eigenvalue weighted by Crippen LogP contribution is 2.29. The van der Waals surface area contributed by atoms with E-state index in [1.54, 1.807) is 0 Å².